The summed E-state index contributed by atoms with van der Waals surface area (Å²) in [5.74, 6) is 0.239. The number of nitrogen functional groups attached to an aromatic ring is 1. The highest BCUT2D eigenvalue weighted by molar-refractivity contribution is 6.30. The molecule has 0 amide bonds. The Hall–Kier alpha value is -2.83. The molecule has 0 fully saturated rings. The largest absolute Gasteiger partial charge is 0.383 e. The maximum Gasteiger partial charge on any atom is 0.142 e. The van der Waals surface area contributed by atoms with Gasteiger partial charge in [0.05, 0.1) is 5.69 Å². The van der Waals surface area contributed by atoms with E-state index in [1.807, 2.05) is 62.4 Å². The quantitative estimate of drug-likeness (QED) is 0.706. The number of aromatic nitrogens is 1. The highest BCUT2D eigenvalue weighted by Crippen LogP contribution is 2.36. The molecule has 0 unspecified atom stereocenters. The van der Waals surface area contributed by atoms with Crippen molar-refractivity contribution in [3.05, 3.63) is 70.2 Å². The molecule has 0 saturated heterocycles. The van der Waals surface area contributed by atoms with Crippen LogP contribution in [0.1, 0.15) is 16.7 Å². The Labute approximate surface area is 146 Å². The zero-order chi connectivity index (χ0) is 17.3. The molecule has 3 rings (SSSR count). The van der Waals surface area contributed by atoms with Crippen molar-refractivity contribution in [2.75, 3.05) is 5.73 Å². The molecule has 0 aliphatic carbocycles. The normalized spacial score (nSPS) is 10.4. The number of halogens is 1. The summed E-state index contributed by atoms with van der Waals surface area (Å²) < 4.78 is 0. The van der Waals surface area contributed by atoms with Crippen LogP contribution in [0.25, 0.3) is 22.4 Å². The van der Waals surface area contributed by atoms with E-state index in [-0.39, 0.29) is 5.82 Å². The number of benzene rings is 2. The molecule has 0 radical (unpaired) electrons. The molecule has 2 N–H and O–H groups in total. The molecule has 3 nitrogen and oxygen atoms in total. The van der Waals surface area contributed by atoms with Gasteiger partial charge in [-0.1, -0.05) is 53.6 Å². The number of pyridine rings is 1. The first-order valence-electron chi connectivity index (χ1n) is 7.54. The SMILES string of the molecule is Cc1ccc(-c2c(C)c(-c3ccc(Cl)cc3)nc(N)c2C#N)cc1. The fraction of sp³-hybridized carbons (Fsp3) is 0.100. The molecule has 1 aromatic heterocycles. The molecule has 0 bridgehead atoms. The van der Waals surface area contributed by atoms with Gasteiger partial charge in [-0.05, 0) is 37.1 Å². The molecule has 2 aromatic carbocycles. The van der Waals surface area contributed by atoms with Gasteiger partial charge in [0.2, 0.25) is 0 Å². The minimum atomic E-state index is 0.239. The van der Waals surface area contributed by atoms with E-state index in [9.17, 15) is 5.26 Å². The number of nitrogens with two attached hydrogens (primary N) is 1. The van der Waals surface area contributed by atoms with E-state index in [4.69, 9.17) is 17.3 Å². The van der Waals surface area contributed by atoms with Crippen LogP contribution in [0.3, 0.4) is 0 Å². The van der Waals surface area contributed by atoms with Crippen LogP contribution in [0.15, 0.2) is 48.5 Å². The van der Waals surface area contributed by atoms with Crippen LogP contribution in [-0.2, 0) is 0 Å². The minimum absolute atomic E-state index is 0.239. The standard InChI is InChI=1S/C20H16ClN3/c1-12-3-5-14(6-4-12)18-13(2)19(24-20(23)17(18)11-22)15-7-9-16(21)10-8-15/h3-10H,1-2H3,(H2,23,24). The lowest BCUT2D eigenvalue weighted by Crippen LogP contribution is -2.03. The van der Waals surface area contributed by atoms with E-state index in [1.54, 1.807) is 0 Å². The Morgan fingerprint density at radius 2 is 1.54 bits per heavy atom. The summed E-state index contributed by atoms with van der Waals surface area (Å²) in [6.07, 6.45) is 0. The van der Waals surface area contributed by atoms with Gasteiger partial charge in [-0.15, -0.1) is 0 Å². The Kier molecular flexibility index (Phi) is 4.24. The highest BCUT2D eigenvalue weighted by atomic mass is 35.5. The molecule has 1 heterocycles. The zero-order valence-corrected chi connectivity index (χ0v) is 14.2. The molecule has 0 spiro atoms. The second-order valence-corrected chi connectivity index (χ2v) is 6.14. The van der Waals surface area contributed by atoms with Crippen LogP contribution in [0.4, 0.5) is 5.82 Å². The van der Waals surface area contributed by atoms with Crippen LogP contribution >= 0.6 is 11.6 Å². The summed E-state index contributed by atoms with van der Waals surface area (Å²) in [5, 5.41) is 10.2. The second kappa shape index (κ2) is 6.35. The van der Waals surface area contributed by atoms with Gasteiger partial charge in [-0.2, -0.15) is 5.26 Å². The summed E-state index contributed by atoms with van der Waals surface area (Å²) in [6.45, 7) is 3.99. The van der Waals surface area contributed by atoms with Gasteiger partial charge >= 0.3 is 0 Å². The molecule has 0 atom stereocenters. The van der Waals surface area contributed by atoms with E-state index in [1.165, 1.54) is 0 Å². The molecule has 118 valence electrons. The average Bonchev–Trinajstić information content (AvgIpc) is 2.58. The number of nitriles is 1. The fourth-order valence-corrected chi connectivity index (χ4v) is 2.90. The second-order valence-electron chi connectivity index (χ2n) is 5.71. The first kappa shape index (κ1) is 16.0. The molecule has 4 heteroatoms. The summed E-state index contributed by atoms with van der Waals surface area (Å²) in [4.78, 5) is 4.46. The first-order chi connectivity index (χ1) is 11.5. The van der Waals surface area contributed by atoms with Crippen LogP contribution in [0.5, 0.6) is 0 Å². The Morgan fingerprint density at radius 1 is 0.958 bits per heavy atom. The molecule has 0 aliphatic rings. The number of hydrogen-bond acceptors (Lipinski definition) is 3. The van der Waals surface area contributed by atoms with Gasteiger partial charge in [-0.3, -0.25) is 0 Å². The lowest BCUT2D eigenvalue weighted by Gasteiger charge is -2.15. The summed E-state index contributed by atoms with van der Waals surface area (Å²) in [5.41, 5.74) is 12.0. The summed E-state index contributed by atoms with van der Waals surface area (Å²) >= 11 is 5.97. The van der Waals surface area contributed by atoms with Crippen molar-refractivity contribution in [1.29, 1.82) is 5.26 Å². The van der Waals surface area contributed by atoms with Gasteiger partial charge in [0.1, 0.15) is 17.5 Å². The van der Waals surface area contributed by atoms with E-state index < -0.39 is 0 Å². The summed E-state index contributed by atoms with van der Waals surface area (Å²) in [6, 6.07) is 17.7. The van der Waals surface area contributed by atoms with Crippen molar-refractivity contribution in [3.63, 3.8) is 0 Å². The first-order valence-corrected chi connectivity index (χ1v) is 7.92. The van der Waals surface area contributed by atoms with Crippen molar-refractivity contribution >= 4 is 17.4 Å². The van der Waals surface area contributed by atoms with E-state index >= 15 is 0 Å². The van der Waals surface area contributed by atoms with Gasteiger partial charge in [0, 0.05) is 16.1 Å². The molecular formula is C20H16ClN3. The Morgan fingerprint density at radius 3 is 2.12 bits per heavy atom. The Balaban J connectivity index is 2.29. The lowest BCUT2D eigenvalue weighted by molar-refractivity contribution is 1.26. The maximum absolute atomic E-state index is 9.55. The van der Waals surface area contributed by atoms with Crippen molar-refractivity contribution < 1.29 is 0 Å². The van der Waals surface area contributed by atoms with Crippen LogP contribution in [-0.4, -0.2) is 4.98 Å². The van der Waals surface area contributed by atoms with E-state index in [0.717, 1.165) is 33.5 Å². The minimum Gasteiger partial charge on any atom is -0.383 e. The van der Waals surface area contributed by atoms with E-state index in [0.29, 0.717) is 10.6 Å². The van der Waals surface area contributed by atoms with Crippen LogP contribution in [0.2, 0.25) is 5.02 Å². The molecule has 0 aliphatic heterocycles. The number of anilines is 1. The fourth-order valence-electron chi connectivity index (χ4n) is 2.78. The van der Waals surface area contributed by atoms with E-state index in [2.05, 4.69) is 11.1 Å². The number of rotatable bonds is 2. The monoisotopic (exact) mass is 333 g/mol. The number of hydrogen-bond donors (Lipinski definition) is 1. The smallest absolute Gasteiger partial charge is 0.142 e. The lowest BCUT2D eigenvalue weighted by atomic mass is 9.92. The van der Waals surface area contributed by atoms with Crippen molar-refractivity contribution in [3.8, 4) is 28.5 Å². The third-order valence-corrected chi connectivity index (χ3v) is 4.29. The zero-order valence-electron chi connectivity index (χ0n) is 13.5. The molecular weight excluding hydrogens is 318 g/mol. The maximum atomic E-state index is 9.55. The number of nitrogens with zero attached hydrogens (tertiary/aromatic N) is 2. The number of aryl methyl sites for hydroxylation is 1. The average molecular weight is 334 g/mol. The summed E-state index contributed by atoms with van der Waals surface area (Å²) in [7, 11) is 0. The molecule has 0 saturated carbocycles. The van der Waals surface area contributed by atoms with Crippen molar-refractivity contribution in [2.24, 2.45) is 0 Å². The van der Waals surface area contributed by atoms with Gasteiger partial charge in [0.25, 0.3) is 0 Å². The third-order valence-electron chi connectivity index (χ3n) is 4.04. The third kappa shape index (κ3) is 2.84. The van der Waals surface area contributed by atoms with Crippen molar-refractivity contribution in [2.45, 2.75) is 13.8 Å². The van der Waals surface area contributed by atoms with Gasteiger partial charge < -0.3 is 5.73 Å². The van der Waals surface area contributed by atoms with Crippen LogP contribution in [0, 0.1) is 25.2 Å². The topological polar surface area (TPSA) is 62.7 Å². The molecule has 24 heavy (non-hydrogen) atoms. The molecule has 3 aromatic rings. The van der Waals surface area contributed by atoms with Gasteiger partial charge in [0.15, 0.2) is 0 Å². The van der Waals surface area contributed by atoms with Crippen LogP contribution < -0.4 is 5.73 Å². The van der Waals surface area contributed by atoms with Gasteiger partial charge in [-0.25, -0.2) is 4.98 Å². The highest BCUT2D eigenvalue weighted by Gasteiger charge is 2.18. The predicted octanol–water partition coefficient (Wildman–Crippen LogP) is 5.14. The Bertz CT molecular complexity index is 937. The predicted molar refractivity (Wildman–Crippen MR) is 98.7 cm³/mol. The van der Waals surface area contributed by atoms with Crippen molar-refractivity contribution in [1.82, 2.24) is 4.98 Å².